The molecule has 0 aliphatic carbocycles. The summed E-state index contributed by atoms with van der Waals surface area (Å²) in [4.78, 5) is 33.2. The average Bonchev–Trinajstić information content (AvgIpc) is 3.24. The predicted molar refractivity (Wildman–Crippen MR) is 125 cm³/mol. The third-order valence-corrected chi connectivity index (χ3v) is 5.87. The van der Waals surface area contributed by atoms with Gasteiger partial charge in [-0.2, -0.15) is 5.10 Å². The second kappa shape index (κ2) is 9.61. The van der Waals surface area contributed by atoms with Crippen molar-refractivity contribution in [3.05, 3.63) is 72.2 Å². The molecule has 0 bridgehead atoms. The van der Waals surface area contributed by atoms with Gasteiger partial charge in [0.25, 0.3) is 0 Å². The van der Waals surface area contributed by atoms with Crippen LogP contribution in [0.2, 0.25) is 0 Å². The molecule has 0 unspecified atom stereocenters. The average molecular weight is 447 g/mol. The summed E-state index contributed by atoms with van der Waals surface area (Å²) in [6, 6.07) is 15.5. The van der Waals surface area contributed by atoms with E-state index < -0.39 is 0 Å². The Labute approximate surface area is 189 Å². The summed E-state index contributed by atoms with van der Waals surface area (Å²) < 4.78 is 1.74. The molecule has 4 rings (SSSR count). The van der Waals surface area contributed by atoms with E-state index in [0.29, 0.717) is 10.7 Å². The Kier molecular flexibility index (Phi) is 6.46. The van der Waals surface area contributed by atoms with E-state index in [4.69, 9.17) is 0 Å². The number of anilines is 1. The van der Waals surface area contributed by atoms with Gasteiger partial charge in [0.1, 0.15) is 11.4 Å². The number of nitrogens with one attached hydrogen (secondary N) is 2. The van der Waals surface area contributed by atoms with Gasteiger partial charge in [0.2, 0.25) is 11.8 Å². The maximum absolute atomic E-state index is 12.3. The number of rotatable bonds is 7. The molecule has 0 atom stereocenters. The SMILES string of the molecule is Cc1cccc(C)c1NC(=O)CNC(=O)CSc1ncnc2c1cnn2-c1ccccc1. The van der Waals surface area contributed by atoms with Crippen molar-refractivity contribution in [1.82, 2.24) is 25.1 Å². The number of aryl methyl sites for hydroxylation is 2. The van der Waals surface area contributed by atoms with E-state index in [2.05, 4.69) is 25.7 Å². The van der Waals surface area contributed by atoms with Crippen molar-refractivity contribution >= 4 is 40.3 Å². The van der Waals surface area contributed by atoms with Gasteiger partial charge in [0.05, 0.1) is 29.6 Å². The first-order valence-corrected chi connectivity index (χ1v) is 11.0. The van der Waals surface area contributed by atoms with E-state index in [0.717, 1.165) is 27.9 Å². The Balaban J connectivity index is 1.35. The maximum Gasteiger partial charge on any atom is 0.243 e. The molecule has 0 spiro atoms. The van der Waals surface area contributed by atoms with Gasteiger partial charge in [-0.3, -0.25) is 9.59 Å². The summed E-state index contributed by atoms with van der Waals surface area (Å²) in [7, 11) is 0. The lowest BCUT2D eigenvalue weighted by Gasteiger charge is -2.12. The molecule has 0 aliphatic heterocycles. The molecule has 32 heavy (non-hydrogen) atoms. The molecule has 8 nitrogen and oxygen atoms in total. The molecule has 2 aromatic heterocycles. The predicted octanol–water partition coefficient (Wildman–Crippen LogP) is 3.28. The summed E-state index contributed by atoms with van der Waals surface area (Å²) in [5, 5.41) is 11.4. The molecule has 2 N–H and O–H groups in total. The minimum absolute atomic E-state index is 0.0989. The first-order chi connectivity index (χ1) is 15.5. The molecule has 0 radical (unpaired) electrons. The van der Waals surface area contributed by atoms with Crippen molar-refractivity contribution in [2.75, 3.05) is 17.6 Å². The Morgan fingerprint density at radius 3 is 2.47 bits per heavy atom. The van der Waals surface area contributed by atoms with E-state index in [9.17, 15) is 9.59 Å². The Morgan fingerprint density at radius 1 is 0.969 bits per heavy atom. The van der Waals surface area contributed by atoms with E-state index in [1.54, 1.807) is 10.9 Å². The maximum atomic E-state index is 12.3. The van der Waals surface area contributed by atoms with Gasteiger partial charge in [0, 0.05) is 5.69 Å². The monoisotopic (exact) mass is 446 g/mol. The van der Waals surface area contributed by atoms with Crippen LogP contribution >= 0.6 is 11.8 Å². The van der Waals surface area contributed by atoms with Gasteiger partial charge < -0.3 is 10.6 Å². The van der Waals surface area contributed by atoms with E-state index in [-0.39, 0.29) is 24.1 Å². The largest absolute Gasteiger partial charge is 0.346 e. The van der Waals surface area contributed by atoms with Gasteiger partial charge in [0.15, 0.2) is 5.65 Å². The minimum Gasteiger partial charge on any atom is -0.346 e. The van der Waals surface area contributed by atoms with Gasteiger partial charge in [-0.25, -0.2) is 14.6 Å². The number of thioether (sulfide) groups is 1. The minimum atomic E-state index is -0.269. The Bertz CT molecular complexity index is 1250. The van der Waals surface area contributed by atoms with Crippen molar-refractivity contribution in [3.8, 4) is 5.69 Å². The number of para-hydroxylation sites is 2. The fraction of sp³-hybridized carbons (Fsp3) is 0.174. The Morgan fingerprint density at radius 2 is 1.72 bits per heavy atom. The van der Waals surface area contributed by atoms with Crippen LogP contribution in [0.15, 0.2) is 66.1 Å². The standard InChI is InChI=1S/C23H22N6O2S/c1-15-7-6-8-16(2)21(15)28-19(30)12-24-20(31)13-32-23-18-11-27-29(22(18)25-14-26-23)17-9-4-3-5-10-17/h3-11,14H,12-13H2,1-2H3,(H,24,31)(H,28,30). The highest BCUT2D eigenvalue weighted by Gasteiger charge is 2.14. The van der Waals surface area contributed by atoms with Crippen molar-refractivity contribution < 1.29 is 9.59 Å². The number of hydrogen-bond donors (Lipinski definition) is 2. The van der Waals surface area contributed by atoms with E-state index in [1.165, 1.54) is 18.1 Å². The van der Waals surface area contributed by atoms with Crippen LogP contribution in [0.1, 0.15) is 11.1 Å². The molecule has 9 heteroatoms. The molecule has 2 amide bonds. The molecular formula is C23H22N6O2S. The lowest BCUT2D eigenvalue weighted by Crippen LogP contribution is -2.34. The second-order valence-corrected chi connectivity index (χ2v) is 8.15. The molecule has 0 saturated heterocycles. The first kappa shape index (κ1) is 21.5. The van der Waals surface area contributed by atoms with E-state index in [1.807, 2.05) is 62.4 Å². The molecule has 0 saturated carbocycles. The highest BCUT2D eigenvalue weighted by molar-refractivity contribution is 8.00. The van der Waals surface area contributed by atoms with Crippen LogP contribution in [0.4, 0.5) is 5.69 Å². The second-order valence-electron chi connectivity index (χ2n) is 7.19. The summed E-state index contributed by atoms with van der Waals surface area (Å²) >= 11 is 1.28. The van der Waals surface area contributed by atoms with Crippen LogP contribution in [0, 0.1) is 13.8 Å². The van der Waals surface area contributed by atoms with Crippen molar-refractivity contribution in [2.45, 2.75) is 18.9 Å². The van der Waals surface area contributed by atoms with E-state index >= 15 is 0 Å². The smallest absolute Gasteiger partial charge is 0.243 e. The fourth-order valence-corrected chi connectivity index (χ4v) is 4.05. The van der Waals surface area contributed by atoms with Crippen LogP contribution < -0.4 is 10.6 Å². The van der Waals surface area contributed by atoms with Crippen molar-refractivity contribution in [1.29, 1.82) is 0 Å². The van der Waals surface area contributed by atoms with Gasteiger partial charge in [-0.05, 0) is 37.1 Å². The summed E-state index contributed by atoms with van der Waals surface area (Å²) in [5.41, 5.74) is 4.29. The number of carbonyl (C=O) groups is 2. The number of fused-ring (bicyclic) bond motifs is 1. The summed E-state index contributed by atoms with van der Waals surface area (Å²) in [6.45, 7) is 3.76. The zero-order valence-corrected chi connectivity index (χ0v) is 18.5. The van der Waals surface area contributed by atoms with Gasteiger partial charge >= 0.3 is 0 Å². The number of amides is 2. The number of hydrogen-bond acceptors (Lipinski definition) is 6. The van der Waals surface area contributed by atoms with Crippen LogP contribution in [-0.2, 0) is 9.59 Å². The van der Waals surface area contributed by atoms with Gasteiger partial charge in [-0.15, -0.1) is 0 Å². The zero-order valence-electron chi connectivity index (χ0n) is 17.7. The molecule has 162 valence electrons. The molecule has 2 aromatic carbocycles. The number of aromatic nitrogens is 4. The zero-order chi connectivity index (χ0) is 22.5. The third-order valence-electron chi connectivity index (χ3n) is 4.86. The lowest BCUT2D eigenvalue weighted by molar-refractivity contribution is -0.122. The number of nitrogens with zero attached hydrogens (tertiary/aromatic N) is 4. The number of benzene rings is 2. The Hall–Kier alpha value is -3.72. The van der Waals surface area contributed by atoms with Gasteiger partial charge in [-0.1, -0.05) is 48.2 Å². The summed E-state index contributed by atoms with van der Waals surface area (Å²) in [6.07, 6.45) is 3.15. The fourth-order valence-electron chi connectivity index (χ4n) is 3.25. The molecular weight excluding hydrogens is 424 g/mol. The lowest BCUT2D eigenvalue weighted by atomic mass is 10.1. The van der Waals surface area contributed by atoms with Crippen molar-refractivity contribution in [3.63, 3.8) is 0 Å². The third kappa shape index (κ3) is 4.78. The quantitative estimate of drug-likeness (QED) is 0.334. The molecule has 4 aromatic rings. The first-order valence-electron chi connectivity index (χ1n) is 10.0. The van der Waals surface area contributed by atoms with Crippen LogP contribution in [0.3, 0.4) is 0 Å². The molecule has 2 heterocycles. The van der Waals surface area contributed by atoms with Crippen LogP contribution in [-0.4, -0.2) is 43.9 Å². The van der Waals surface area contributed by atoms with Crippen molar-refractivity contribution in [2.24, 2.45) is 0 Å². The molecule has 0 aliphatic rings. The topological polar surface area (TPSA) is 102 Å². The normalized spacial score (nSPS) is 10.8. The highest BCUT2D eigenvalue weighted by Crippen LogP contribution is 2.25. The highest BCUT2D eigenvalue weighted by atomic mass is 32.2. The molecule has 0 fully saturated rings. The van der Waals surface area contributed by atoms with Crippen LogP contribution in [0.5, 0.6) is 0 Å². The summed E-state index contributed by atoms with van der Waals surface area (Å²) in [5.74, 6) is -0.401. The number of carbonyl (C=O) groups excluding carboxylic acids is 2. The van der Waals surface area contributed by atoms with Crippen LogP contribution in [0.25, 0.3) is 16.7 Å².